The van der Waals surface area contributed by atoms with Gasteiger partial charge in [0.05, 0.1) is 33.5 Å². The molecule has 1 saturated heterocycles. The number of nitro benzene ring substituents is 2. The minimum absolute atomic E-state index is 0.00359. The number of β-lactam (4-membered cyclic amide) rings is 1. The second kappa shape index (κ2) is 14.2. The molecule has 1 amide bonds. The fourth-order valence-electron chi connectivity index (χ4n) is 7.49. The molecule has 0 N–H and O–H groups in total. The summed E-state index contributed by atoms with van der Waals surface area (Å²) in [4.78, 5) is 78.2. The lowest BCUT2D eigenvalue weighted by molar-refractivity contribution is -0.385. The van der Waals surface area contributed by atoms with E-state index in [0.717, 1.165) is 0 Å². The average Bonchev–Trinajstić information content (AvgIpc) is 3.64. The maximum atomic E-state index is 14.1. The van der Waals surface area contributed by atoms with E-state index in [0.29, 0.717) is 39.0 Å². The van der Waals surface area contributed by atoms with E-state index in [1.165, 1.54) is 59.5 Å². The number of esters is 2. The summed E-state index contributed by atoms with van der Waals surface area (Å²) in [6.07, 6.45) is -0.213. The first-order chi connectivity index (χ1) is 26.1. The van der Waals surface area contributed by atoms with Crippen molar-refractivity contribution in [3.8, 4) is 11.1 Å². The molecule has 7 rings (SSSR count). The topological polar surface area (TPSA) is 185 Å². The van der Waals surface area contributed by atoms with Gasteiger partial charge in [0.25, 0.3) is 11.4 Å². The number of non-ortho nitro benzene ring substituents is 2. The third-order valence-corrected chi connectivity index (χ3v) is 11.0. The second-order valence-corrected chi connectivity index (χ2v) is 19.0. The van der Waals surface area contributed by atoms with Crippen molar-refractivity contribution >= 4 is 48.9 Å². The smallest absolute Gasteiger partial charge is 0.355 e. The first kappa shape index (κ1) is 37.0. The molecule has 1 fully saturated rings. The number of benzene rings is 4. The molecule has 0 bridgehead atoms. The van der Waals surface area contributed by atoms with Crippen molar-refractivity contribution in [2.45, 2.75) is 58.3 Å². The maximum absolute atomic E-state index is 14.1. The molecule has 4 aromatic rings. The summed E-state index contributed by atoms with van der Waals surface area (Å²) >= 11 is 0. The van der Waals surface area contributed by atoms with E-state index in [1.54, 1.807) is 30.3 Å². The Morgan fingerprint density at radius 1 is 0.800 bits per heavy atom. The van der Waals surface area contributed by atoms with Gasteiger partial charge in [-0.15, -0.1) is 0 Å². The summed E-state index contributed by atoms with van der Waals surface area (Å²) in [6, 6.07) is 20.8. The number of fused-ring (bicyclic) bond motifs is 4. The van der Waals surface area contributed by atoms with Gasteiger partial charge in [-0.25, -0.2) is 9.59 Å². The van der Waals surface area contributed by atoms with Crippen LogP contribution in [0.25, 0.3) is 16.7 Å². The summed E-state index contributed by atoms with van der Waals surface area (Å²) in [5.41, 5.74) is 3.09. The Morgan fingerprint density at radius 2 is 1.35 bits per heavy atom. The molecule has 14 nitrogen and oxygen atoms in total. The first-order valence-corrected chi connectivity index (χ1v) is 20.9. The third-order valence-electron chi connectivity index (χ3n) is 9.88. The minimum atomic E-state index is -2.06. The van der Waals surface area contributed by atoms with E-state index in [1.807, 2.05) is 26.6 Å². The van der Waals surface area contributed by atoms with Crippen LogP contribution < -0.4 is 0 Å². The molecule has 2 aliphatic heterocycles. The molecular formula is C40H35N3O11Si. The molecule has 0 saturated carbocycles. The summed E-state index contributed by atoms with van der Waals surface area (Å²) in [5.74, 6) is -2.87. The highest BCUT2D eigenvalue weighted by Crippen LogP contribution is 2.50. The lowest BCUT2D eigenvalue weighted by atomic mass is 9.82. The zero-order valence-corrected chi connectivity index (χ0v) is 31.3. The average molecular weight is 762 g/mol. The number of ether oxygens (including phenoxy) is 2. The highest BCUT2D eigenvalue weighted by Gasteiger charge is 2.58. The van der Waals surface area contributed by atoms with Crippen LogP contribution in [0.3, 0.4) is 0 Å². The van der Waals surface area contributed by atoms with Crippen molar-refractivity contribution in [1.29, 1.82) is 0 Å². The van der Waals surface area contributed by atoms with Gasteiger partial charge in [-0.3, -0.25) is 29.8 Å². The SMILES string of the molecule is C[C@@H](O[Si](C)(C)C)[C@H]1C(=O)N2C(C(=O)OCc3ccc([N+](=O)[O-])cc3)=C(c3cc(C(=O)OCc4ccc([N+](=O)[O-])cc4)c4c(c3)-c3ccccc3C4=O)C[C@H]12. The third kappa shape index (κ3) is 6.95. The molecule has 280 valence electrons. The van der Waals surface area contributed by atoms with Gasteiger partial charge in [0.1, 0.15) is 18.9 Å². The number of hydrogen-bond acceptors (Lipinski definition) is 11. The zero-order valence-electron chi connectivity index (χ0n) is 30.3. The van der Waals surface area contributed by atoms with Gasteiger partial charge in [-0.05, 0) is 103 Å². The van der Waals surface area contributed by atoms with Crippen LogP contribution in [0.15, 0.2) is 90.6 Å². The van der Waals surface area contributed by atoms with E-state index >= 15 is 0 Å². The first-order valence-electron chi connectivity index (χ1n) is 17.5. The maximum Gasteiger partial charge on any atom is 0.355 e. The molecule has 0 spiro atoms. The number of carbonyl (C=O) groups excluding carboxylic acids is 4. The van der Waals surface area contributed by atoms with Gasteiger partial charge in [-0.2, -0.15) is 0 Å². The van der Waals surface area contributed by atoms with Crippen LogP contribution in [0.5, 0.6) is 0 Å². The second-order valence-electron chi connectivity index (χ2n) is 14.6. The molecular weight excluding hydrogens is 727 g/mol. The van der Waals surface area contributed by atoms with Crippen LogP contribution >= 0.6 is 0 Å². The van der Waals surface area contributed by atoms with E-state index < -0.39 is 48.2 Å². The van der Waals surface area contributed by atoms with Crippen molar-refractivity contribution in [3.05, 3.63) is 144 Å². The van der Waals surface area contributed by atoms with E-state index in [9.17, 15) is 39.4 Å². The summed E-state index contributed by atoms with van der Waals surface area (Å²) in [5, 5.41) is 22.2. The predicted octanol–water partition coefficient (Wildman–Crippen LogP) is 7.00. The van der Waals surface area contributed by atoms with Crippen molar-refractivity contribution in [3.63, 3.8) is 0 Å². The number of hydrogen-bond donors (Lipinski definition) is 0. The quantitative estimate of drug-likeness (QED) is 0.0419. The largest absolute Gasteiger partial charge is 0.457 e. The lowest BCUT2D eigenvalue weighted by Gasteiger charge is -2.47. The number of ketones is 1. The molecule has 1 aliphatic carbocycles. The Morgan fingerprint density at radius 3 is 1.89 bits per heavy atom. The normalized spacial score (nSPS) is 17.6. The zero-order chi connectivity index (χ0) is 39.3. The highest BCUT2D eigenvalue weighted by molar-refractivity contribution is 6.69. The molecule has 0 unspecified atom stereocenters. The Bertz CT molecular complexity index is 2330. The van der Waals surface area contributed by atoms with E-state index in [-0.39, 0.29) is 59.5 Å². The fourth-order valence-corrected chi connectivity index (χ4v) is 8.75. The van der Waals surface area contributed by atoms with Crippen LogP contribution in [-0.2, 0) is 36.7 Å². The fraction of sp³-hybridized carbons (Fsp3) is 0.250. The molecule has 15 heteroatoms. The number of nitrogens with zero attached hydrogens (tertiary/aromatic N) is 3. The molecule has 2 heterocycles. The van der Waals surface area contributed by atoms with Gasteiger partial charge in [0.2, 0.25) is 5.91 Å². The number of nitro groups is 2. The van der Waals surface area contributed by atoms with Gasteiger partial charge >= 0.3 is 11.9 Å². The van der Waals surface area contributed by atoms with Crippen molar-refractivity contribution in [2.24, 2.45) is 5.92 Å². The molecule has 55 heavy (non-hydrogen) atoms. The van der Waals surface area contributed by atoms with E-state index in [4.69, 9.17) is 13.9 Å². The molecule has 3 aliphatic rings. The molecule has 0 aromatic heterocycles. The predicted molar refractivity (Wildman–Crippen MR) is 200 cm³/mol. The molecule has 0 radical (unpaired) electrons. The van der Waals surface area contributed by atoms with Crippen LogP contribution in [0.2, 0.25) is 19.6 Å². The summed E-state index contributed by atoms with van der Waals surface area (Å²) in [7, 11) is -2.06. The van der Waals surface area contributed by atoms with Crippen molar-refractivity contribution < 1.29 is 42.9 Å². The lowest BCUT2D eigenvalue weighted by Crippen LogP contribution is -2.63. The Kier molecular flexibility index (Phi) is 9.52. The van der Waals surface area contributed by atoms with Crippen LogP contribution in [-0.4, -0.2) is 58.8 Å². The summed E-state index contributed by atoms with van der Waals surface area (Å²) < 4.78 is 17.7. The molecule has 3 atom stereocenters. The van der Waals surface area contributed by atoms with Gasteiger partial charge in [0, 0.05) is 35.4 Å². The van der Waals surface area contributed by atoms with Crippen LogP contribution in [0.1, 0.15) is 56.3 Å². The van der Waals surface area contributed by atoms with Crippen LogP contribution in [0.4, 0.5) is 11.4 Å². The van der Waals surface area contributed by atoms with Gasteiger partial charge < -0.3 is 18.8 Å². The van der Waals surface area contributed by atoms with Gasteiger partial charge in [0.15, 0.2) is 14.1 Å². The monoisotopic (exact) mass is 761 g/mol. The van der Waals surface area contributed by atoms with Crippen molar-refractivity contribution in [2.75, 3.05) is 0 Å². The highest BCUT2D eigenvalue weighted by atomic mass is 28.4. The van der Waals surface area contributed by atoms with Crippen LogP contribution in [0, 0.1) is 26.1 Å². The molecule has 4 aromatic carbocycles. The van der Waals surface area contributed by atoms with Crippen molar-refractivity contribution in [1.82, 2.24) is 4.90 Å². The Balaban J connectivity index is 1.28. The number of amides is 1. The Hall–Kier alpha value is -6.32. The minimum Gasteiger partial charge on any atom is -0.457 e. The summed E-state index contributed by atoms with van der Waals surface area (Å²) in [6.45, 7) is 7.45. The standard InChI is InChI=1S/C40H35N3O11Si/c1-22(54-55(2,3)4)34-33-19-30(36(41(33)38(34)45)40(47)53-21-24-11-15-27(16-12-24)43(50)51)25-17-31-28-7-5-6-8-29(28)37(44)35(31)32(18-25)39(46)52-20-23-9-13-26(14-10-23)42(48)49/h5-18,22,33-34H,19-21H2,1-4H3/t22-,33-,34-/m1/s1. The van der Waals surface area contributed by atoms with E-state index in [2.05, 4.69) is 0 Å². The Labute approximate surface area is 315 Å². The van der Waals surface area contributed by atoms with Gasteiger partial charge in [-0.1, -0.05) is 24.3 Å². The number of carbonyl (C=O) groups is 4. The number of rotatable bonds is 12.